The van der Waals surface area contributed by atoms with Crippen LogP contribution in [0.15, 0.2) is 24.3 Å². The van der Waals surface area contributed by atoms with Crippen LogP contribution in [0.25, 0.3) is 0 Å². The molecular weight excluding hydrogens is 284 g/mol. The molecule has 3 fully saturated rings. The van der Waals surface area contributed by atoms with E-state index in [1.807, 2.05) is 6.92 Å². The SMILES string of the molecule is C=C1CC[C@@H](OC(C)=O)[C@]2(C)C[C@@H]3OC(=O)C(=C)[C@@H]3C[C@H]1O2. The van der Waals surface area contributed by atoms with Gasteiger partial charge in [0.15, 0.2) is 0 Å². The summed E-state index contributed by atoms with van der Waals surface area (Å²) < 4.78 is 17.3. The van der Waals surface area contributed by atoms with Gasteiger partial charge < -0.3 is 14.2 Å². The summed E-state index contributed by atoms with van der Waals surface area (Å²) in [5.74, 6) is -0.702. The van der Waals surface area contributed by atoms with Crippen molar-refractivity contribution in [2.75, 3.05) is 0 Å². The Kier molecular flexibility index (Phi) is 3.63. The van der Waals surface area contributed by atoms with Crippen molar-refractivity contribution in [2.24, 2.45) is 5.92 Å². The Morgan fingerprint density at radius 1 is 1.41 bits per heavy atom. The van der Waals surface area contributed by atoms with Gasteiger partial charge >= 0.3 is 11.9 Å². The fraction of sp³-hybridized carbons (Fsp3) is 0.647. The van der Waals surface area contributed by atoms with Crippen molar-refractivity contribution in [2.45, 2.75) is 63.4 Å². The molecule has 3 aliphatic rings. The Labute approximate surface area is 130 Å². The minimum Gasteiger partial charge on any atom is -0.459 e. The van der Waals surface area contributed by atoms with Crippen LogP contribution in [0.2, 0.25) is 0 Å². The molecule has 0 radical (unpaired) electrons. The van der Waals surface area contributed by atoms with Crippen molar-refractivity contribution < 1.29 is 23.8 Å². The highest BCUT2D eigenvalue weighted by Gasteiger charge is 2.52. The molecule has 5 nitrogen and oxygen atoms in total. The molecule has 0 spiro atoms. The predicted octanol–water partition coefficient (Wildman–Crippen LogP) is 2.30. The minimum atomic E-state index is -0.680. The summed E-state index contributed by atoms with van der Waals surface area (Å²) in [6.45, 7) is 11.3. The summed E-state index contributed by atoms with van der Waals surface area (Å²) in [4.78, 5) is 23.3. The first-order chi connectivity index (χ1) is 10.3. The second kappa shape index (κ2) is 5.23. The van der Waals surface area contributed by atoms with E-state index in [1.165, 1.54) is 6.92 Å². The van der Waals surface area contributed by atoms with E-state index in [0.29, 0.717) is 24.8 Å². The molecule has 0 N–H and O–H groups in total. The molecule has 5 heteroatoms. The first-order valence-electron chi connectivity index (χ1n) is 7.72. The Morgan fingerprint density at radius 2 is 2.14 bits per heavy atom. The van der Waals surface area contributed by atoms with Gasteiger partial charge in [-0.1, -0.05) is 13.2 Å². The van der Waals surface area contributed by atoms with Crippen molar-refractivity contribution in [1.29, 1.82) is 0 Å². The topological polar surface area (TPSA) is 61.8 Å². The molecule has 3 aliphatic heterocycles. The number of rotatable bonds is 1. The van der Waals surface area contributed by atoms with Crippen LogP contribution in [-0.2, 0) is 23.8 Å². The third kappa shape index (κ3) is 2.47. The monoisotopic (exact) mass is 306 g/mol. The maximum atomic E-state index is 11.8. The lowest BCUT2D eigenvalue weighted by atomic mass is 9.81. The highest BCUT2D eigenvalue weighted by molar-refractivity contribution is 5.90. The van der Waals surface area contributed by atoms with Crippen molar-refractivity contribution in [3.8, 4) is 0 Å². The highest BCUT2D eigenvalue weighted by atomic mass is 16.6. The predicted molar refractivity (Wildman–Crippen MR) is 79.0 cm³/mol. The van der Waals surface area contributed by atoms with Crippen LogP contribution in [0.1, 0.15) is 39.5 Å². The molecule has 0 amide bonds. The second-order valence-electron chi connectivity index (χ2n) is 6.73. The number of ether oxygens (including phenoxy) is 3. The van der Waals surface area contributed by atoms with Crippen LogP contribution in [0.3, 0.4) is 0 Å². The van der Waals surface area contributed by atoms with E-state index < -0.39 is 5.60 Å². The standard InChI is InChI=1S/C17H22O5/c1-9-5-6-15(20-11(3)18)17(4)8-14-12(7-13(9)22-17)10(2)16(19)21-14/h12-15H,1-2,5-8H2,3-4H3/t12-,13+,14-,15+,17-/m0/s1. The summed E-state index contributed by atoms with van der Waals surface area (Å²) in [5, 5.41) is 0. The zero-order valence-electron chi connectivity index (χ0n) is 13.1. The van der Waals surface area contributed by atoms with Gasteiger partial charge in [-0.15, -0.1) is 0 Å². The lowest BCUT2D eigenvalue weighted by Gasteiger charge is -2.36. The summed E-state index contributed by atoms with van der Waals surface area (Å²) in [7, 11) is 0. The van der Waals surface area contributed by atoms with E-state index in [0.717, 1.165) is 12.0 Å². The molecule has 3 heterocycles. The van der Waals surface area contributed by atoms with Gasteiger partial charge in [0.25, 0.3) is 0 Å². The van der Waals surface area contributed by atoms with E-state index in [1.54, 1.807) is 0 Å². The number of carbonyl (C=O) groups is 2. The summed E-state index contributed by atoms with van der Waals surface area (Å²) >= 11 is 0. The molecular formula is C17H22O5. The quantitative estimate of drug-likeness (QED) is 0.422. The zero-order valence-corrected chi connectivity index (χ0v) is 13.1. The van der Waals surface area contributed by atoms with Crippen LogP contribution >= 0.6 is 0 Å². The first kappa shape index (κ1) is 15.3. The molecule has 0 unspecified atom stereocenters. The van der Waals surface area contributed by atoms with Gasteiger partial charge in [-0.2, -0.15) is 0 Å². The van der Waals surface area contributed by atoms with E-state index in [4.69, 9.17) is 14.2 Å². The van der Waals surface area contributed by atoms with Gasteiger partial charge in [-0.05, 0) is 31.8 Å². The molecule has 0 aromatic heterocycles. The second-order valence-corrected chi connectivity index (χ2v) is 6.73. The van der Waals surface area contributed by atoms with Crippen LogP contribution in [0.5, 0.6) is 0 Å². The number of esters is 2. The maximum Gasteiger partial charge on any atom is 0.334 e. The summed E-state index contributed by atoms with van der Waals surface area (Å²) in [6, 6.07) is 0. The van der Waals surface area contributed by atoms with Gasteiger partial charge in [0.05, 0.1) is 6.10 Å². The molecule has 3 saturated heterocycles. The van der Waals surface area contributed by atoms with Gasteiger partial charge in [-0.25, -0.2) is 4.79 Å². The Bertz CT molecular complexity index is 551. The fourth-order valence-corrected chi connectivity index (χ4v) is 3.82. The van der Waals surface area contributed by atoms with Crippen LogP contribution in [-0.4, -0.2) is 35.9 Å². The number of hydrogen-bond acceptors (Lipinski definition) is 5. The largest absolute Gasteiger partial charge is 0.459 e. The smallest absolute Gasteiger partial charge is 0.334 e. The molecule has 0 aromatic rings. The molecule has 0 aliphatic carbocycles. The maximum absolute atomic E-state index is 11.8. The Morgan fingerprint density at radius 3 is 2.82 bits per heavy atom. The van der Waals surface area contributed by atoms with Crippen LogP contribution in [0, 0.1) is 5.92 Å². The average Bonchev–Trinajstić information content (AvgIpc) is 2.58. The molecule has 5 atom stereocenters. The summed E-state index contributed by atoms with van der Waals surface area (Å²) in [6.07, 6.45) is 1.79. The van der Waals surface area contributed by atoms with Crippen molar-refractivity contribution in [1.82, 2.24) is 0 Å². The van der Waals surface area contributed by atoms with E-state index in [9.17, 15) is 9.59 Å². The third-order valence-electron chi connectivity index (χ3n) is 5.08. The lowest BCUT2D eigenvalue weighted by Crippen LogP contribution is -2.46. The van der Waals surface area contributed by atoms with Crippen molar-refractivity contribution in [3.63, 3.8) is 0 Å². The molecule has 120 valence electrons. The molecule has 2 bridgehead atoms. The zero-order chi connectivity index (χ0) is 16.1. The molecule has 3 rings (SSSR count). The van der Waals surface area contributed by atoms with E-state index in [2.05, 4.69) is 13.2 Å². The highest BCUT2D eigenvalue weighted by Crippen LogP contribution is 2.46. The number of hydrogen-bond donors (Lipinski definition) is 0. The molecule has 0 saturated carbocycles. The Hall–Kier alpha value is -1.62. The number of carbonyl (C=O) groups excluding carboxylic acids is 2. The first-order valence-corrected chi connectivity index (χ1v) is 7.72. The molecule has 22 heavy (non-hydrogen) atoms. The van der Waals surface area contributed by atoms with Gasteiger partial charge in [-0.3, -0.25) is 4.79 Å². The Balaban J connectivity index is 1.95. The van der Waals surface area contributed by atoms with Gasteiger partial charge in [0.1, 0.15) is 17.8 Å². The third-order valence-corrected chi connectivity index (χ3v) is 5.08. The van der Waals surface area contributed by atoms with E-state index >= 15 is 0 Å². The lowest BCUT2D eigenvalue weighted by molar-refractivity contribution is -0.177. The van der Waals surface area contributed by atoms with Crippen LogP contribution in [0.4, 0.5) is 0 Å². The van der Waals surface area contributed by atoms with Gasteiger partial charge in [0.2, 0.25) is 0 Å². The normalized spacial score (nSPS) is 41.3. The fourth-order valence-electron chi connectivity index (χ4n) is 3.82. The van der Waals surface area contributed by atoms with Gasteiger partial charge in [0, 0.05) is 24.8 Å². The van der Waals surface area contributed by atoms with Crippen molar-refractivity contribution in [3.05, 3.63) is 24.3 Å². The van der Waals surface area contributed by atoms with Crippen molar-refractivity contribution >= 4 is 11.9 Å². The minimum absolute atomic E-state index is 0.0489. The number of fused-ring (bicyclic) bond motifs is 3. The average molecular weight is 306 g/mol. The van der Waals surface area contributed by atoms with Crippen LogP contribution < -0.4 is 0 Å². The van der Waals surface area contributed by atoms with E-state index in [-0.39, 0.29) is 36.2 Å². The summed E-state index contributed by atoms with van der Waals surface area (Å²) in [5.41, 5.74) is 0.814. The molecule has 0 aromatic carbocycles.